The van der Waals surface area contributed by atoms with E-state index in [1.165, 1.54) is 6.26 Å². The first-order valence-corrected chi connectivity index (χ1v) is 3.78. The molecule has 0 spiro atoms. The first kappa shape index (κ1) is 8.60. The zero-order valence-corrected chi connectivity index (χ0v) is 7.21. The summed E-state index contributed by atoms with van der Waals surface area (Å²) >= 11 is 0. The summed E-state index contributed by atoms with van der Waals surface area (Å²) in [6.07, 6.45) is 3.18. The van der Waals surface area contributed by atoms with Gasteiger partial charge in [0.2, 0.25) is 0 Å². The highest BCUT2D eigenvalue weighted by Gasteiger charge is 1.98. The molecule has 0 heterocycles. The Morgan fingerprint density at radius 2 is 2.08 bits per heavy atom. The molecule has 0 aliphatic carbocycles. The van der Waals surface area contributed by atoms with E-state index in [1.54, 1.807) is 6.08 Å². The maximum atomic E-state index is 5.20. The monoisotopic (exact) mass is 160 g/mol. The predicted molar refractivity (Wildman–Crippen MR) is 52.1 cm³/mol. The van der Waals surface area contributed by atoms with Gasteiger partial charge in [-0.2, -0.15) is 0 Å². The Bertz CT molecular complexity index is 300. The lowest BCUT2D eigenvalue weighted by Gasteiger charge is -2.04. The zero-order chi connectivity index (χ0) is 8.97. The van der Waals surface area contributed by atoms with Gasteiger partial charge >= 0.3 is 0 Å². The molecular formula is C11H12O. The second-order valence-electron chi connectivity index (χ2n) is 2.53. The van der Waals surface area contributed by atoms with E-state index in [1.807, 2.05) is 25.1 Å². The van der Waals surface area contributed by atoms with Crippen molar-refractivity contribution in [1.82, 2.24) is 0 Å². The molecule has 1 rings (SSSR count). The summed E-state index contributed by atoms with van der Waals surface area (Å²) in [4.78, 5) is 0. The van der Waals surface area contributed by atoms with E-state index in [0.717, 1.165) is 16.9 Å². The molecule has 0 amide bonds. The van der Waals surface area contributed by atoms with Crippen molar-refractivity contribution in [3.8, 4) is 5.75 Å². The van der Waals surface area contributed by atoms with Crippen LogP contribution in [-0.4, -0.2) is 0 Å². The van der Waals surface area contributed by atoms with Crippen molar-refractivity contribution in [3.05, 3.63) is 48.7 Å². The lowest BCUT2D eigenvalue weighted by atomic mass is 10.1. The molecule has 1 nitrogen and oxygen atoms in total. The Hall–Kier alpha value is -1.50. The summed E-state index contributed by atoms with van der Waals surface area (Å²) in [6, 6.07) is 5.95. The van der Waals surface area contributed by atoms with Crippen molar-refractivity contribution in [2.75, 3.05) is 0 Å². The lowest BCUT2D eigenvalue weighted by molar-refractivity contribution is 0.482. The Kier molecular flexibility index (Phi) is 2.70. The van der Waals surface area contributed by atoms with Gasteiger partial charge in [-0.1, -0.05) is 31.4 Å². The topological polar surface area (TPSA) is 9.23 Å². The smallest absolute Gasteiger partial charge is 0.133 e. The Labute approximate surface area is 73.0 Å². The van der Waals surface area contributed by atoms with E-state index in [0.29, 0.717) is 0 Å². The van der Waals surface area contributed by atoms with Gasteiger partial charge in [0.25, 0.3) is 0 Å². The molecule has 0 aliphatic rings. The van der Waals surface area contributed by atoms with Crippen LogP contribution in [0, 0.1) is 6.92 Å². The fourth-order valence-electron chi connectivity index (χ4n) is 1.00. The number of aryl methyl sites for hydroxylation is 1. The summed E-state index contributed by atoms with van der Waals surface area (Å²) < 4.78 is 5.20. The van der Waals surface area contributed by atoms with Crippen molar-refractivity contribution >= 4 is 6.08 Å². The van der Waals surface area contributed by atoms with Gasteiger partial charge in [0.05, 0.1) is 6.26 Å². The maximum absolute atomic E-state index is 5.20. The normalized spacial score (nSPS) is 9.08. The van der Waals surface area contributed by atoms with E-state index in [4.69, 9.17) is 4.74 Å². The average molecular weight is 160 g/mol. The zero-order valence-electron chi connectivity index (χ0n) is 7.21. The minimum Gasteiger partial charge on any atom is -0.465 e. The standard InChI is InChI=1S/C11H12O/c1-4-10-7-6-9(3)8-11(10)12-5-2/h4-8H,1-2H2,3H3. The van der Waals surface area contributed by atoms with Crippen molar-refractivity contribution in [3.63, 3.8) is 0 Å². The number of hydrogen-bond acceptors (Lipinski definition) is 1. The second-order valence-corrected chi connectivity index (χ2v) is 2.53. The van der Waals surface area contributed by atoms with Crippen molar-refractivity contribution < 1.29 is 4.74 Å². The van der Waals surface area contributed by atoms with Gasteiger partial charge in [-0.05, 0) is 18.6 Å². The molecule has 1 aromatic carbocycles. The first-order chi connectivity index (χ1) is 5.77. The predicted octanol–water partition coefficient (Wildman–Crippen LogP) is 3.16. The Morgan fingerprint density at radius 3 is 2.67 bits per heavy atom. The highest BCUT2D eigenvalue weighted by atomic mass is 16.5. The maximum Gasteiger partial charge on any atom is 0.133 e. The van der Waals surface area contributed by atoms with Crippen LogP contribution in [0.1, 0.15) is 11.1 Å². The summed E-state index contributed by atoms with van der Waals surface area (Å²) in [5, 5.41) is 0. The third kappa shape index (κ3) is 1.76. The van der Waals surface area contributed by atoms with Crippen LogP contribution in [0.5, 0.6) is 5.75 Å². The minimum absolute atomic E-state index is 0.806. The molecule has 62 valence electrons. The van der Waals surface area contributed by atoms with Gasteiger partial charge in [0, 0.05) is 5.56 Å². The van der Waals surface area contributed by atoms with E-state index < -0.39 is 0 Å². The molecule has 0 saturated carbocycles. The Morgan fingerprint density at radius 1 is 1.33 bits per heavy atom. The molecule has 0 unspecified atom stereocenters. The SMILES string of the molecule is C=COc1cc(C)ccc1C=C. The number of hydrogen-bond donors (Lipinski definition) is 0. The molecule has 1 aromatic rings. The third-order valence-corrected chi connectivity index (χ3v) is 1.60. The van der Waals surface area contributed by atoms with Gasteiger partial charge in [0.15, 0.2) is 0 Å². The quantitative estimate of drug-likeness (QED) is 0.617. The van der Waals surface area contributed by atoms with Crippen molar-refractivity contribution in [2.24, 2.45) is 0 Å². The molecule has 1 heteroatoms. The van der Waals surface area contributed by atoms with Crippen LogP contribution in [-0.2, 0) is 0 Å². The number of rotatable bonds is 3. The molecule has 0 radical (unpaired) electrons. The van der Waals surface area contributed by atoms with Crippen LogP contribution in [0.2, 0.25) is 0 Å². The number of benzene rings is 1. The van der Waals surface area contributed by atoms with Gasteiger partial charge in [-0.25, -0.2) is 0 Å². The summed E-state index contributed by atoms with van der Waals surface area (Å²) in [7, 11) is 0. The molecule has 12 heavy (non-hydrogen) atoms. The highest BCUT2D eigenvalue weighted by molar-refractivity contribution is 5.56. The van der Waals surface area contributed by atoms with Crippen LogP contribution in [0.25, 0.3) is 6.08 Å². The molecule has 0 aliphatic heterocycles. The van der Waals surface area contributed by atoms with Gasteiger partial charge in [-0.3, -0.25) is 0 Å². The van der Waals surface area contributed by atoms with E-state index >= 15 is 0 Å². The molecule has 0 saturated heterocycles. The van der Waals surface area contributed by atoms with E-state index in [9.17, 15) is 0 Å². The Balaban J connectivity index is 3.11. The third-order valence-electron chi connectivity index (χ3n) is 1.60. The summed E-state index contributed by atoms with van der Waals surface area (Å²) in [5.41, 5.74) is 2.15. The number of ether oxygens (including phenoxy) is 1. The van der Waals surface area contributed by atoms with Gasteiger partial charge in [-0.15, -0.1) is 0 Å². The fourth-order valence-corrected chi connectivity index (χ4v) is 1.00. The molecule has 0 fully saturated rings. The average Bonchev–Trinajstić information content (AvgIpc) is 2.05. The second kappa shape index (κ2) is 3.77. The van der Waals surface area contributed by atoms with Crippen LogP contribution in [0.3, 0.4) is 0 Å². The lowest BCUT2D eigenvalue weighted by Crippen LogP contribution is -1.85. The van der Waals surface area contributed by atoms with Crippen molar-refractivity contribution in [1.29, 1.82) is 0 Å². The highest BCUT2D eigenvalue weighted by Crippen LogP contribution is 2.21. The van der Waals surface area contributed by atoms with Crippen LogP contribution >= 0.6 is 0 Å². The molecule has 0 atom stereocenters. The molecule has 0 N–H and O–H groups in total. The van der Waals surface area contributed by atoms with Crippen LogP contribution in [0.4, 0.5) is 0 Å². The van der Waals surface area contributed by atoms with Gasteiger partial charge < -0.3 is 4.74 Å². The van der Waals surface area contributed by atoms with Gasteiger partial charge in [0.1, 0.15) is 5.75 Å². The first-order valence-electron chi connectivity index (χ1n) is 3.78. The molecule has 0 bridgehead atoms. The van der Waals surface area contributed by atoms with E-state index in [2.05, 4.69) is 13.2 Å². The largest absolute Gasteiger partial charge is 0.465 e. The minimum atomic E-state index is 0.806. The molecular weight excluding hydrogens is 148 g/mol. The van der Waals surface area contributed by atoms with Crippen LogP contribution in [0.15, 0.2) is 37.6 Å². The van der Waals surface area contributed by atoms with E-state index in [-0.39, 0.29) is 0 Å². The van der Waals surface area contributed by atoms with Crippen LogP contribution < -0.4 is 4.74 Å². The summed E-state index contributed by atoms with van der Waals surface area (Å²) in [6.45, 7) is 9.21. The summed E-state index contributed by atoms with van der Waals surface area (Å²) in [5.74, 6) is 0.806. The fraction of sp³-hybridized carbons (Fsp3) is 0.0909. The molecule has 0 aromatic heterocycles. The van der Waals surface area contributed by atoms with Crippen molar-refractivity contribution in [2.45, 2.75) is 6.92 Å².